The van der Waals surface area contributed by atoms with Crippen LogP contribution in [0.3, 0.4) is 0 Å². The normalized spacial score (nSPS) is 10.7. The van der Waals surface area contributed by atoms with Gasteiger partial charge in [-0.15, -0.1) is 0 Å². The number of hydrogen-bond acceptors (Lipinski definition) is 2. The van der Waals surface area contributed by atoms with E-state index >= 15 is 0 Å². The molecule has 0 saturated carbocycles. The fraction of sp³-hybridized carbons (Fsp3) is 0.375. The summed E-state index contributed by atoms with van der Waals surface area (Å²) in [5, 5.41) is 8.93. The standard InChI is InChI=1S/C8H9ClO3/c1-4(2)7-5(9)3-6(12-7)8(10)11/h3-4H,1-2H3,(H,10,11). The number of rotatable bonds is 2. The summed E-state index contributed by atoms with van der Waals surface area (Å²) < 4.78 is 5.01. The molecule has 0 saturated heterocycles. The predicted octanol–water partition coefficient (Wildman–Crippen LogP) is 2.75. The molecule has 0 aliphatic carbocycles. The second-order valence-corrected chi connectivity index (χ2v) is 3.19. The Hall–Kier alpha value is -0.960. The van der Waals surface area contributed by atoms with Crippen LogP contribution >= 0.6 is 11.6 Å². The molecule has 0 aliphatic rings. The highest BCUT2D eigenvalue weighted by Gasteiger charge is 2.16. The van der Waals surface area contributed by atoms with Crippen molar-refractivity contribution in [2.24, 2.45) is 0 Å². The molecule has 0 bridgehead atoms. The van der Waals surface area contributed by atoms with E-state index in [-0.39, 0.29) is 11.7 Å². The molecule has 0 unspecified atom stereocenters. The molecule has 3 nitrogen and oxygen atoms in total. The van der Waals surface area contributed by atoms with Crippen molar-refractivity contribution in [3.8, 4) is 0 Å². The van der Waals surface area contributed by atoms with Crippen molar-refractivity contribution >= 4 is 17.6 Å². The zero-order valence-electron chi connectivity index (χ0n) is 6.80. The zero-order valence-corrected chi connectivity index (χ0v) is 7.55. The quantitative estimate of drug-likeness (QED) is 0.777. The van der Waals surface area contributed by atoms with Crippen molar-refractivity contribution in [3.05, 3.63) is 22.6 Å². The average Bonchev–Trinajstić information content (AvgIpc) is 2.30. The fourth-order valence-corrected chi connectivity index (χ4v) is 1.24. The number of halogens is 1. The molecule has 0 aromatic carbocycles. The van der Waals surface area contributed by atoms with E-state index in [2.05, 4.69) is 0 Å². The third-order valence-electron chi connectivity index (χ3n) is 1.45. The first-order valence-electron chi connectivity index (χ1n) is 3.55. The van der Waals surface area contributed by atoms with E-state index in [1.165, 1.54) is 6.07 Å². The molecule has 0 spiro atoms. The number of carboxylic acids is 1. The Bertz CT molecular complexity index is 301. The minimum atomic E-state index is -1.09. The molecule has 1 aromatic rings. The summed E-state index contributed by atoms with van der Waals surface area (Å²) in [6.45, 7) is 3.77. The molecule has 1 rings (SSSR count). The van der Waals surface area contributed by atoms with Crippen LogP contribution in [0.15, 0.2) is 10.5 Å². The van der Waals surface area contributed by atoms with E-state index in [0.29, 0.717) is 10.8 Å². The lowest BCUT2D eigenvalue weighted by molar-refractivity contribution is 0.0660. The van der Waals surface area contributed by atoms with Crippen LogP contribution in [-0.4, -0.2) is 11.1 Å². The summed E-state index contributed by atoms with van der Waals surface area (Å²) in [5.74, 6) is -0.577. The second-order valence-electron chi connectivity index (χ2n) is 2.78. The molecule has 1 aromatic heterocycles. The van der Waals surface area contributed by atoms with Gasteiger partial charge in [0, 0.05) is 12.0 Å². The molecule has 1 N–H and O–H groups in total. The Labute approximate surface area is 74.9 Å². The van der Waals surface area contributed by atoms with E-state index in [9.17, 15) is 4.79 Å². The number of aromatic carboxylic acids is 1. The average molecular weight is 189 g/mol. The van der Waals surface area contributed by atoms with Crippen molar-refractivity contribution in [3.63, 3.8) is 0 Å². The van der Waals surface area contributed by atoms with E-state index < -0.39 is 5.97 Å². The minimum absolute atomic E-state index is 0.102. The van der Waals surface area contributed by atoms with E-state index in [4.69, 9.17) is 21.1 Å². The van der Waals surface area contributed by atoms with Crippen LogP contribution in [0.4, 0.5) is 0 Å². The predicted molar refractivity (Wildman–Crippen MR) is 44.8 cm³/mol. The Morgan fingerprint density at radius 1 is 1.67 bits per heavy atom. The molecule has 0 radical (unpaired) electrons. The highest BCUT2D eigenvalue weighted by molar-refractivity contribution is 6.31. The first-order valence-corrected chi connectivity index (χ1v) is 3.92. The number of carbonyl (C=O) groups is 1. The summed E-state index contributed by atoms with van der Waals surface area (Å²) in [5.41, 5.74) is 0. The SMILES string of the molecule is CC(C)c1oc(C(=O)O)cc1Cl. The Morgan fingerprint density at radius 3 is 2.50 bits per heavy atom. The molecule has 0 aliphatic heterocycles. The van der Waals surface area contributed by atoms with Crippen LogP contribution in [0.5, 0.6) is 0 Å². The number of furan rings is 1. The third-order valence-corrected chi connectivity index (χ3v) is 1.74. The van der Waals surface area contributed by atoms with Gasteiger partial charge in [-0.1, -0.05) is 25.4 Å². The summed E-state index contributed by atoms with van der Waals surface area (Å²) in [4.78, 5) is 10.4. The highest BCUT2D eigenvalue weighted by atomic mass is 35.5. The van der Waals surface area contributed by atoms with Crippen molar-refractivity contribution in [2.45, 2.75) is 19.8 Å². The minimum Gasteiger partial charge on any atom is -0.475 e. The summed E-state index contributed by atoms with van der Waals surface area (Å²) in [6, 6.07) is 1.32. The maximum Gasteiger partial charge on any atom is 0.371 e. The maximum atomic E-state index is 10.4. The molecule has 0 fully saturated rings. The molecule has 0 atom stereocenters. The summed E-state index contributed by atoms with van der Waals surface area (Å²) in [6.07, 6.45) is 0. The van der Waals surface area contributed by atoms with Crippen molar-refractivity contribution in [2.75, 3.05) is 0 Å². The maximum absolute atomic E-state index is 10.4. The second kappa shape index (κ2) is 3.19. The van der Waals surface area contributed by atoms with Gasteiger partial charge in [-0.2, -0.15) is 0 Å². The number of carboxylic acid groups (broad SMARTS) is 1. The lowest BCUT2D eigenvalue weighted by atomic mass is 10.2. The van der Waals surface area contributed by atoms with Crippen LogP contribution < -0.4 is 0 Å². The van der Waals surface area contributed by atoms with Crippen molar-refractivity contribution in [1.29, 1.82) is 0 Å². The summed E-state index contributed by atoms with van der Waals surface area (Å²) in [7, 11) is 0. The van der Waals surface area contributed by atoms with E-state index in [1.54, 1.807) is 0 Å². The largest absolute Gasteiger partial charge is 0.475 e. The third kappa shape index (κ3) is 1.61. The zero-order chi connectivity index (χ0) is 9.30. The van der Waals surface area contributed by atoms with Crippen molar-refractivity contribution in [1.82, 2.24) is 0 Å². The van der Waals surface area contributed by atoms with Gasteiger partial charge in [0.25, 0.3) is 0 Å². The van der Waals surface area contributed by atoms with Crippen LogP contribution in [0.1, 0.15) is 36.1 Å². The van der Waals surface area contributed by atoms with Gasteiger partial charge in [0.05, 0.1) is 5.02 Å². The van der Waals surface area contributed by atoms with E-state index in [1.807, 2.05) is 13.8 Å². The van der Waals surface area contributed by atoms with Gasteiger partial charge < -0.3 is 9.52 Å². The molecule has 66 valence electrons. The van der Waals surface area contributed by atoms with Crippen LogP contribution in [-0.2, 0) is 0 Å². The first kappa shape index (κ1) is 9.13. The van der Waals surface area contributed by atoms with Gasteiger partial charge in [0.15, 0.2) is 0 Å². The van der Waals surface area contributed by atoms with Gasteiger partial charge in [-0.3, -0.25) is 0 Å². The van der Waals surface area contributed by atoms with E-state index in [0.717, 1.165) is 0 Å². The van der Waals surface area contributed by atoms with Gasteiger partial charge >= 0.3 is 5.97 Å². The van der Waals surface area contributed by atoms with Gasteiger partial charge in [0.1, 0.15) is 5.76 Å². The number of hydrogen-bond donors (Lipinski definition) is 1. The topological polar surface area (TPSA) is 50.4 Å². The first-order chi connectivity index (χ1) is 5.52. The molecule has 12 heavy (non-hydrogen) atoms. The molecular weight excluding hydrogens is 180 g/mol. The van der Waals surface area contributed by atoms with Crippen LogP contribution in [0, 0.1) is 0 Å². The Kier molecular flexibility index (Phi) is 2.43. The lowest BCUT2D eigenvalue weighted by Gasteiger charge is -1.98. The van der Waals surface area contributed by atoms with Gasteiger partial charge in [-0.05, 0) is 0 Å². The highest BCUT2D eigenvalue weighted by Crippen LogP contribution is 2.27. The van der Waals surface area contributed by atoms with Crippen LogP contribution in [0.2, 0.25) is 5.02 Å². The molecular formula is C8H9ClO3. The fourth-order valence-electron chi connectivity index (χ4n) is 0.882. The van der Waals surface area contributed by atoms with Gasteiger partial charge in [-0.25, -0.2) is 4.79 Å². The molecule has 4 heteroatoms. The Balaban J connectivity index is 3.09. The molecule has 0 amide bonds. The van der Waals surface area contributed by atoms with Gasteiger partial charge in [0.2, 0.25) is 5.76 Å². The van der Waals surface area contributed by atoms with Crippen molar-refractivity contribution < 1.29 is 14.3 Å². The summed E-state index contributed by atoms with van der Waals surface area (Å²) >= 11 is 5.73. The lowest BCUT2D eigenvalue weighted by Crippen LogP contribution is -1.92. The van der Waals surface area contributed by atoms with Crippen LogP contribution in [0.25, 0.3) is 0 Å². The molecule has 1 heterocycles. The monoisotopic (exact) mass is 188 g/mol. The smallest absolute Gasteiger partial charge is 0.371 e. The Morgan fingerprint density at radius 2 is 2.25 bits per heavy atom.